The number of nitrogens with zero attached hydrogens (tertiary/aromatic N) is 1. The smallest absolute Gasteiger partial charge is 0.242 e. The number of hydrogen-bond acceptors (Lipinski definition) is 3. The molecule has 18 heavy (non-hydrogen) atoms. The molecule has 0 aromatic heterocycles. The molecule has 0 bridgehead atoms. The third-order valence-electron chi connectivity index (χ3n) is 4.43. The highest BCUT2D eigenvalue weighted by atomic mass is 16.2. The van der Waals surface area contributed by atoms with E-state index in [-0.39, 0.29) is 23.8 Å². The first-order valence-corrected chi connectivity index (χ1v) is 6.73. The van der Waals surface area contributed by atoms with Crippen LogP contribution in [0.2, 0.25) is 0 Å². The number of primary amides is 1. The van der Waals surface area contributed by atoms with Crippen molar-refractivity contribution in [2.45, 2.75) is 51.1 Å². The molecule has 1 saturated carbocycles. The summed E-state index contributed by atoms with van der Waals surface area (Å²) in [7, 11) is 0. The van der Waals surface area contributed by atoms with Gasteiger partial charge in [-0.3, -0.25) is 9.59 Å². The lowest BCUT2D eigenvalue weighted by atomic mass is 9.88. The number of likely N-dealkylation sites (tertiary alicyclic amines) is 1. The molecule has 2 amide bonds. The maximum Gasteiger partial charge on any atom is 0.242 e. The highest BCUT2D eigenvalue weighted by molar-refractivity contribution is 5.87. The van der Waals surface area contributed by atoms with E-state index in [0.29, 0.717) is 12.5 Å². The number of rotatable bonds is 3. The van der Waals surface area contributed by atoms with Gasteiger partial charge in [-0.1, -0.05) is 0 Å². The molecule has 1 aliphatic heterocycles. The van der Waals surface area contributed by atoms with Gasteiger partial charge >= 0.3 is 0 Å². The van der Waals surface area contributed by atoms with Crippen LogP contribution in [-0.4, -0.2) is 34.8 Å². The Kier molecular flexibility index (Phi) is 3.36. The van der Waals surface area contributed by atoms with E-state index in [1.807, 2.05) is 13.8 Å². The molecule has 0 aromatic carbocycles. The molecule has 5 heteroatoms. The van der Waals surface area contributed by atoms with Crippen molar-refractivity contribution in [1.82, 2.24) is 4.90 Å². The summed E-state index contributed by atoms with van der Waals surface area (Å²) in [6.45, 7) is 4.25. The maximum absolute atomic E-state index is 12.5. The number of amides is 2. The van der Waals surface area contributed by atoms with Gasteiger partial charge in [-0.05, 0) is 45.4 Å². The predicted molar refractivity (Wildman–Crippen MR) is 68.4 cm³/mol. The Balaban J connectivity index is 2.09. The van der Waals surface area contributed by atoms with Crippen LogP contribution >= 0.6 is 0 Å². The molecule has 3 unspecified atom stereocenters. The molecule has 3 atom stereocenters. The van der Waals surface area contributed by atoms with Crippen LogP contribution in [0.5, 0.6) is 0 Å². The third-order valence-corrected chi connectivity index (χ3v) is 4.43. The van der Waals surface area contributed by atoms with E-state index in [1.165, 1.54) is 0 Å². The van der Waals surface area contributed by atoms with Crippen LogP contribution in [0.1, 0.15) is 39.5 Å². The van der Waals surface area contributed by atoms with Crippen molar-refractivity contribution in [2.24, 2.45) is 23.3 Å². The van der Waals surface area contributed by atoms with Gasteiger partial charge in [0.25, 0.3) is 0 Å². The first-order chi connectivity index (χ1) is 8.34. The van der Waals surface area contributed by atoms with Crippen LogP contribution in [0.15, 0.2) is 0 Å². The maximum atomic E-state index is 12.5. The molecule has 1 aliphatic carbocycles. The van der Waals surface area contributed by atoms with E-state index in [1.54, 1.807) is 4.90 Å². The van der Waals surface area contributed by atoms with Gasteiger partial charge in [-0.15, -0.1) is 0 Å². The molecule has 5 nitrogen and oxygen atoms in total. The lowest BCUT2D eigenvalue weighted by molar-refractivity contribution is -0.143. The number of piperidine rings is 1. The highest BCUT2D eigenvalue weighted by Gasteiger charge is 2.47. The fourth-order valence-electron chi connectivity index (χ4n) is 2.79. The minimum absolute atomic E-state index is 0.0246. The molecular formula is C13H23N3O2. The van der Waals surface area contributed by atoms with E-state index in [9.17, 15) is 9.59 Å². The van der Waals surface area contributed by atoms with Crippen LogP contribution in [0.25, 0.3) is 0 Å². The van der Waals surface area contributed by atoms with Crippen LogP contribution < -0.4 is 11.5 Å². The first-order valence-electron chi connectivity index (χ1n) is 6.73. The molecule has 1 heterocycles. The average Bonchev–Trinajstić information content (AvgIpc) is 3.12. The molecule has 4 N–H and O–H groups in total. The molecular weight excluding hydrogens is 230 g/mol. The number of hydrogen-bond donors (Lipinski definition) is 2. The van der Waals surface area contributed by atoms with Gasteiger partial charge in [-0.25, -0.2) is 0 Å². The zero-order valence-electron chi connectivity index (χ0n) is 11.2. The van der Waals surface area contributed by atoms with Gasteiger partial charge in [0, 0.05) is 12.6 Å². The van der Waals surface area contributed by atoms with Gasteiger partial charge in [0.05, 0.1) is 11.5 Å². The van der Waals surface area contributed by atoms with Gasteiger partial charge in [0.1, 0.15) is 0 Å². The van der Waals surface area contributed by atoms with Gasteiger partial charge in [-0.2, -0.15) is 0 Å². The van der Waals surface area contributed by atoms with Crippen molar-refractivity contribution < 1.29 is 9.59 Å². The van der Waals surface area contributed by atoms with Crippen LogP contribution in [0, 0.1) is 11.8 Å². The lowest BCUT2D eigenvalue weighted by Crippen LogP contribution is -2.59. The highest BCUT2D eigenvalue weighted by Crippen LogP contribution is 2.40. The minimum Gasteiger partial charge on any atom is -0.369 e. The van der Waals surface area contributed by atoms with Gasteiger partial charge in [0.15, 0.2) is 0 Å². The summed E-state index contributed by atoms with van der Waals surface area (Å²) in [6, 6.07) is 0.148. The monoisotopic (exact) mass is 253 g/mol. The molecule has 1 saturated heterocycles. The Labute approximate surface area is 108 Å². The number of carbonyl (C=O) groups excluding carboxylic acids is 2. The molecule has 102 valence electrons. The van der Waals surface area contributed by atoms with Crippen LogP contribution in [0.3, 0.4) is 0 Å². The summed E-state index contributed by atoms with van der Waals surface area (Å²) in [5.74, 6) is -0.264. The predicted octanol–water partition coefficient (Wildman–Crippen LogP) is 0.226. The minimum atomic E-state index is -0.784. The van der Waals surface area contributed by atoms with E-state index in [0.717, 1.165) is 25.7 Å². The second kappa shape index (κ2) is 4.53. The fourth-order valence-corrected chi connectivity index (χ4v) is 2.79. The quantitative estimate of drug-likeness (QED) is 0.754. The van der Waals surface area contributed by atoms with Gasteiger partial charge in [0.2, 0.25) is 11.8 Å². The van der Waals surface area contributed by atoms with Crippen molar-refractivity contribution in [3.63, 3.8) is 0 Å². The summed E-state index contributed by atoms with van der Waals surface area (Å²) < 4.78 is 0. The van der Waals surface area contributed by atoms with Crippen molar-refractivity contribution in [3.05, 3.63) is 0 Å². The standard InChI is InChI=1S/C13H23N3O2/c1-8-3-4-9(11(14)17)7-16(8)12(18)13(2,15)10-5-6-10/h8-10H,3-7,15H2,1-2H3,(H2,14,17). The average molecular weight is 253 g/mol. The van der Waals surface area contributed by atoms with E-state index >= 15 is 0 Å². The normalized spacial score (nSPS) is 31.8. The molecule has 2 fully saturated rings. The molecule has 0 radical (unpaired) electrons. The Morgan fingerprint density at radius 3 is 2.33 bits per heavy atom. The summed E-state index contributed by atoms with van der Waals surface area (Å²) in [4.78, 5) is 25.6. The lowest BCUT2D eigenvalue weighted by Gasteiger charge is -2.41. The first kappa shape index (κ1) is 13.3. The molecule has 2 aliphatic rings. The third kappa shape index (κ3) is 2.36. The van der Waals surface area contributed by atoms with E-state index < -0.39 is 5.54 Å². The fraction of sp³-hybridized carbons (Fsp3) is 0.846. The largest absolute Gasteiger partial charge is 0.369 e. The van der Waals surface area contributed by atoms with Crippen LogP contribution in [0.4, 0.5) is 0 Å². The Bertz CT molecular complexity index is 363. The zero-order chi connectivity index (χ0) is 13.5. The molecule has 2 rings (SSSR count). The summed E-state index contributed by atoms with van der Waals surface area (Å²) in [5.41, 5.74) is 10.7. The zero-order valence-corrected chi connectivity index (χ0v) is 11.2. The van der Waals surface area contributed by atoms with Crippen molar-refractivity contribution in [1.29, 1.82) is 0 Å². The van der Waals surface area contributed by atoms with Crippen LogP contribution in [-0.2, 0) is 9.59 Å². The SMILES string of the molecule is CC1CCC(C(N)=O)CN1C(=O)C(C)(N)C1CC1. The number of nitrogens with two attached hydrogens (primary N) is 2. The Morgan fingerprint density at radius 1 is 1.22 bits per heavy atom. The van der Waals surface area contributed by atoms with Crippen molar-refractivity contribution in [2.75, 3.05) is 6.54 Å². The second-order valence-corrected chi connectivity index (χ2v) is 6.04. The second-order valence-electron chi connectivity index (χ2n) is 6.04. The van der Waals surface area contributed by atoms with E-state index in [4.69, 9.17) is 11.5 Å². The Morgan fingerprint density at radius 2 is 1.83 bits per heavy atom. The summed E-state index contributed by atoms with van der Waals surface area (Å²) >= 11 is 0. The molecule has 0 aromatic rings. The molecule has 0 spiro atoms. The van der Waals surface area contributed by atoms with Crippen molar-refractivity contribution >= 4 is 11.8 Å². The Hall–Kier alpha value is -1.10. The van der Waals surface area contributed by atoms with Gasteiger partial charge < -0.3 is 16.4 Å². The topological polar surface area (TPSA) is 89.4 Å². The summed E-state index contributed by atoms with van der Waals surface area (Å²) in [5, 5.41) is 0. The summed E-state index contributed by atoms with van der Waals surface area (Å²) in [6.07, 6.45) is 3.64. The number of carbonyl (C=O) groups is 2. The van der Waals surface area contributed by atoms with E-state index in [2.05, 4.69) is 0 Å². The van der Waals surface area contributed by atoms with Crippen molar-refractivity contribution in [3.8, 4) is 0 Å².